The summed E-state index contributed by atoms with van der Waals surface area (Å²) in [5, 5.41) is 0. The Morgan fingerprint density at radius 2 is 1.92 bits per heavy atom. The second kappa shape index (κ2) is 9.15. The van der Waals surface area contributed by atoms with E-state index in [-0.39, 0.29) is 30.4 Å². The number of carbonyl (C=O) groups is 2. The summed E-state index contributed by atoms with van der Waals surface area (Å²) in [5.41, 5.74) is 0.921. The molecule has 0 radical (unpaired) electrons. The number of hydrogen-bond donors (Lipinski definition) is 0. The number of hydrogen-bond acceptors (Lipinski definition) is 5. The van der Waals surface area contributed by atoms with Gasteiger partial charge < -0.3 is 4.90 Å². The van der Waals surface area contributed by atoms with Crippen LogP contribution in [-0.4, -0.2) is 57.8 Å². The van der Waals surface area contributed by atoms with Crippen molar-refractivity contribution in [2.45, 2.75) is 31.5 Å². The fraction of sp³-hybridized carbons (Fsp3) is 0.421. The molecule has 1 heterocycles. The van der Waals surface area contributed by atoms with Crippen molar-refractivity contribution >= 4 is 39.8 Å². The molecule has 1 aliphatic rings. The normalized spacial score (nSPS) is 20.7. The zero-order valence-corrected chi connectivity index (χ0v) is 17.0. The second-order valence-electron chi connectivity index (χ2n) is 5.93. The summed E-state index contributed by atoms with van der Waals surface area (Å²) in [7, 11) is 1.71. The lowest BCUT2D eigenvalue weighted by Gasteiger charge is -2.26. The number of aliphatic imine (C=N–C) groups is 1. The molecule has 3 atom stereocenters. The third kappa shape index (κ3) is 4.08. The lowest BCUT2D eigenvalue weighted by atomic mass is 9.99. The first-order chi connectivity index (χ1) is 12.5. The van der Waals surface area contributed by atoms with Crippen LogP contribution in [0.2, 0.25) is 0 Å². The Labute approximate surface area is 163 Å². The van der Waals surface area contributed by atoms with E-state index >= 15 is 0 Å². The maximum absolute atomic E-state index is 13.2. The number of thioether (sulfide) groups is 2. The summed E-state index contributed by atoms with van der Waals surface area (Å²) in [6.45, 7) is 1.94. The molecule has 1 aromatic rings. The highest BCUT2D eigenvalue weighted by Crippen LogP contribution is 2.35. The predicted molar refractivity (Wildman–Crippen MR) is 110 cm³/mol. The van der Waals surface area contributed by atoms with Crippen LogP contribution in [-0.2, 0) is 4.79 Å². The van der Waals surface area contributed by atoms with Gasteiger partial charge in [0.2, 0.25) is 0 Å². The van der Waals surface area contributed by atoms with Crippen LogP contribution in [0.1, 0.15) is 24.9 Å². The maximum Gasteiger partial charge on any atom is 0.327 e. The summed E-state index contributed by atoms with van der Waals surface area (Å²) in [6, 6.07) is 8.02. The molecule has 3 amide bonds. The zero-order valence-electron chi connectivity index (χ0n) is 15.4. The van der Waals surface area contributed by atoms with E-state index in [9.17, 15) is 9.59 Å². The Kier molecular flexibility index (Phi) is 7.18. The van der Waals surface area contributed by atoms with Crippen LogP contribution in [0, 0.1) is 12.3 Å². The molecule has 1 aromatic carbocycles. The smallest absolute Gasteiger partial charge is 0.322 e. The third-order valence-electron chi connectivity index (χ3n) is 4.44. The van der Waals surface area contributed by atoms with Crippen molar-refractivity contribution in [3.05, 3.63) is 35.9 Å². The molecule has 26 heavy (non-hydrogen) atoms. The number of benzene rings is 1. The Hall–Kier alpha value is -1.91. The van der Waals surface area contributed by atoms with Crippen LogP contribution < -0.4 is 0 Å². The van der Waals surface area contributed by atoms with Gasteiger partial charge in [-0.1, -0.05) is 30.3 Å². The SMILES string of the molecule is C#CC[C@H](N=C(SC)SC)C(=O)N1C(=O)N(C)[C@@H](C)[C@H]1c1ccccc1. The molecule has 5 nitrogen and oxygen atoms in total. The number of terminal acetylenes is 1. The van der Waals surface area contributed by atoms with Crippen LogP contribution in [0.5, 0.6) is 0 Å². The summed E-state index contributed by atoms with van der Waals surface area (Å²) >= 11 is 2.92. The van der Waals surface area contributed by atoms with Crippen molar-refractivity contribution in [3.8, 4) is 12.3 Å². The third-order valence-corrected chi connectivity index (χ3v) is 6.35. The monoisotopic (exact) mass is 389 g/mol. The fourth-order valence-electron chi connectivity index (χ4n) is 2.98. The van der Waals surface area contributed by atoms with Crippen LogP contribution in [0.15, 0.2) is 35.3 Å². The Bertz CT molecular complexity index is 724. The second-order valence-corrected chi connectivity index (χ2v) is 7.77. The van der Waals surface area contributed by atoms with E-state index in [2.05, 4.69) is 10.9 Å². The summed E-state index contributed by atoms with van der Waals surface area (Å²) in [6.07, 6.45) is 9.42. The first-order valence-electron chi connectivity index (χ1n) is 8.20. The zero-order chi connectivity index (χ0) is 19.3. The summed E-state index contributed by atoms with van der Waals surface area (Å²) in [4.78, 5) is 33.5. The van der Waals surface area contributed by atoms with Crippen LogP contribution in [0.4, 0.5) is 4.79 Å². The molecule has 7 heteroatoms. The molecule has 0 N–H and O–H groups in total. The quantitative estimate of drug-likeness (QED) is 0.449. The van der Waals surface area contributed by atoms with E-state index in [1.807, 2.05) is 49.8 Å². The van der Waals surface area contributed by atoms with Gasteiger partial charge in [-0.3, -0.25) is 14.7 Å². The van der Waals surface area contributed by atoms with Gasteiger partial charge in [0.25, 0.3) is 5.91 Å². The van der Waals surface area contributed by atoms with Gasteiger partial charge in [0.1, 0.15) is 10.4 Å². The molecule has 0 unspecified atom stereocenters. The average Bonchev–Trinajstić information content (AvgIpc) is 2.89. The van der Waals surface area contributed by atoms with E-state index < -0.39 is 6.04 Å². The van der Waals surface area contributed by atoms with Crippen LogP contribution in [0.3, 0.4) is 0 Å². The molecule has 0 aromatic heterocycles. The largest absolute Gasteiger partial charge is 0.327 e. The van der Waals surface area contributed by atoms with Crippen molar-refractivity contribution in [3.63, 3.8) is 0 Å². The minimum atomic E-state index is -0.760. The van der Waals surface area contributed by atoms with Gasteiger partial charge >= 0.3 is 6.03 Å². The summed E-state index contributed by atoms with van der Waals surface area (Å²) < 4.78 is 0.767. The highest BCUT2D eigenvalue weighted by atomic mass is 32.2. The summed E-state index contributed by atoms with van der Waals surface area (Å²) in [5.74, 6) is 2.17. The first-order valence-corrected chi connectivity index (χ1v) is 10.6. The highest BCUT2D eigenvalue weighted by molar-refractivity contribution is 8.38. The number of carbonyl (C=O) groups excluding carboxylic acids is 2. The van der Waals surface area contributed by atoms with E-state index in [1.165, 1.54) is 28.4 Å². The number of urea groups is 1. The lowest BCUT2D eigenvalue weighted by Crippen LogP contribution is -2.42. The lowest BCUT2D eigenvalue weighted by molar-refractivity contribution is -0.130. The number of likely N-dealkylation sites (N-methyl/N-ethyl adjacent to an activating group) is 1. The number of nitrogens with zero attached hydrogens (tertiary/aromatic N) is 3. The number of imide groups is 1. The van der Waals surface area contributed by atoms with Crippen LogP contribution >= 0.6 is 23.5 Å². The average molecular weight is 390 g/mol. The Balaban J connectivity index is 2.43. The van der Waals surface area contributed by atoms with Crippen molar-refractivity contribution < 1.29 is 9.59 Å². The van der Waals surface area contributed by atoms with Crippen molar-refractivity contribution in [1.82, 2.24) is 9.80 Å². The number of amides is 3. The van der Waals surface area contributed by atoms with Gasteiger partial charge in [0.05, 0.1) is 12.1 Å². The van der Waals surface area contributed by atoms with Crippen molar-refractivity contribution in [2.24, 2.45) is 4.99 Å². The number of rotatable bonds is 4. The van der Waals surface area contributed by atoms with Gasteiger partial charge in [-0.2, -0.15) is 0 Å². The van der Waals surface area contributed by atoms with E-state index in [0.717, 1.165) is 9.94 Å². The molecule has 1 fully saturated rings. The van der Waals surface area contributed by atoms with Crippen LogP contribution in [0.25, 0.3) is 0 Å². The molecule has 1 aliphatic heterocycles. The molecule has 0 aliphatic carbocycles. The Morgan fingerprint density at radius 1 is 1.31 bits per heavy atom. The van der Waals surface area contributed by atoms with Gasteiger partial charge in [-0.05, 0) is 25.0 Å². The maximum atomic E-state index is 13.2. The molecule has 0 bridgehead atoms. The molecule has 1 saturated heterocycles. The molecule has 138 valence electrons. The van der Waals surface area contributed by atoms with Gasteiger partial charge in [0.15, 0.2) is 0 Å². The van der Waals surface area contributed by atoms with Crippen molar-refractivity contribution in [1.29, 1.82) is 0 Å². The molecule has 0 spiro atoms. The van der Waals surface area contributed by atoms with E-state index in [4.69, 9.17) is 6.42 Å². The van der Waals surface area contributed by atoms with E-state index in [0.29, 0.717) is 0 Å². The minimum absolute atomic E-state index is 0.134. The highest BCUT2D eigenvalue weighted by Gasteiger charge is 2.47. The topological polar surface area (TPSA) is 53.0 Å². The molecular weight excluding hydrogens is 366 g/mol. The van der Waals surface area contributed by atoms with Gasteiger partial charge in [-0.25, -0.2) is 4.79 Å². The van der Waals surface area contributed by atoms with Crippen molar-refractivity contribution in [2.75, 3.05) is 19.6 Å². The minimum Gasteiger partial charge on any atom is -0.322 e. The first kappa shape index (κ1) is 20.4. The standard InChI is InChI=1S/C19H23N3O2S2/c1-6-10-15(20-18(25-4)26-5)17(23)22-16(13(2)21(3)19(22)24)14-11-8-7-9-12-14/h1,7-9,11-13,15-16H,10H2,2-5H3/t13-,15-,16-/m0/s1. The molecule has 2 rings (SSSR count). The Morgan fingerprint density at radius 3 is 2.46 bits per heavy atom. The predicted octanol–water partition coefficient (Wildman–Crippen LogP) is 3.48. The fourth-order valence-corrected chi connectivity index (χ4v) is 4.11. The van der Waals surface area contributed by atoms with Gasteiger partial charge in [-0.15, -0.1) is 35.9 Å². The van der Waals surface area contributed by atoms with E-state index in [1.54, 1.807) is 11.9 Å². The van der Waals surface area contributed by atoms with Gasteiger partial charge in [0, 0.05) is 13.5 Å². The molecule has 0 saturated carbocycles. The molecular formula is C19H23N3O2S2.